The average Bonchev–Trinajstić information content (AvgIpc) is 2.60. The van der Waals surface area contributed by atoms with Crippen LogP contribution in [-0.2, 0) is 4.74 Å². The Morgan fingerprint density at radius 3 is 2.75 bits per heavy atom. The van der Waals surface area contributed by atoms with Crippen molar-refractivity contribution in [1.82, 2.24) is 10.2 Å². The van der Waals surface area contributed by atoms with Crippen molar-refractivity contribution in [2.24, 2.45) is 0 Å². The molecule has 0 saturated carbocycles. The SMILES string of the molecule is CCNCC1CCCN1CCOC(C)(C)C. The van der Waals surface area contributed by atoms with E-state index in [0.717, 1.165) is 32.3 Å². The van der Waals surface area contributed by atoms with E-state index in [-0.39, 0.29) is 5.60 Å². The van der Waals surface area contributed by atoms with Gasteiger partial charge in [-0.05, 0) is 46.7 Å². The van der Waals surface area contributed by atoms with Gasteiger partial charge >= 0.3 is 0 Å². The number of hydrogen-bond acceptors (Lipinski definition) is 3. The van der Waals surface area contributed by atoms with E-state index in [1.54, 1.807) is 0 Å². The fraction of sp³-hybridized carbons (Fsp3) is 1.00. The van der Waals surface area contributed by atoms with Crippen molar-refractivity contribution >= 4 is 0 Å². The molecule has 1 unspecified atom stereocenters. The molecular weight excluding hydrogens is 200 g/mol. The molecule has 1 rings (SSSR count). The third kappa shape index (κ3) is 5.28. The molecule has 1 saturated heterocycles. The van der Waals surface area contributed by atoms with E-state index in [4.69, 9.17) is 4.74 Å². The van der Waals surface area contributed by atoms with E-state index < -0.39 is 0 Å². The summed E-state index contributed by atoms with van der Waals surface area (Å²) in [4.78, 5) is 2.56. The zero-order chi connectivity index (χ0) is 12.0. The van der Waals surface area contributed by atoms with Gasteiger partial charge in [-0.15, -0.1) is 0 Å². The van der Waals surface area contributed by atoms with Crippen molar-refractivity contribution in [2.75, 3.05) is 32.8 Å². The largest absolute Gasteiger partial charge is 0.375 e. The molecule has 3 heteroatoms. The lowest BCUT2D eigenvalue weighted by molar-refractivity contribution is -0.0142. The Balaban J connectivity index is 2.19. The van der Waals surface area contributed by atoms with E-state index in [0.29, 0.717) is 0 Å². The summed E-state index contributed by atoms with van der Waals surface area (Å²) in [6, 6.07) is 0.725. The molecule has 0 aromatic heterocycles. The monoisotopic (exact) mass is 228 g/mol. The van der Waals surface area contributed by atoms with Gasteiger partial charge in [-0.25, -0.2) is 0 Å². The molecule has 0 bridgehead atoms. The summed E-state index contributed by atoms with van der Waals surface area (Å²) in [5.74, 6) is 0. The average molecular weight is 228 g/mol. The second-order valence-electron chi connectivity index (χ2n) is 5.60. The second kappa shape index (κ2) is 6.58. The Labute approximate surface area is 101 Å². The van der Waals surface area contributed by atoms with Crippen LogP contribution in [0.5, 0.6) is 0 Å². The molecule has 1 fully saturated rings. The van der Waals surface area contributed by atoms with Crippen LogP contribution in [0.15, 0.2) is 0 Å². The highest BCUT2D eigenvalue weighted by Gasteiger charge is 2.23. The molecule has 1 aliphatic rings. The molecule has 1 N–H and O–H groups in total. The number of rotatable bonds is 6. The van der Waals surface area contributed by atoms with Gasteiger partial charge in [0.2, 0.25) is 0 Å². The van der Waals surface area contributed by atoms with Crippen LogP contribution in [0, 0.1) is 0 Å². The molecule has 0 aromatic carbocycles. The fourth-order valence-electron chi connectivity index (χ4n) is 2.20. The van der Waals surface area contributed by atoms with Crippen molar-refractivity contribution < 1.29 is 4.74 Å². The Morgan fingerprint density at radius 2 is 2.12 bits per heavy atom. The fourth-order valence-corrected chi connectivity index (χ4v) is 2.20. The van der Waals surface area contributed by atoms with Gasteiger partial charge in [-0.3, -0.25) is 4.90 Å². The number of likely N-dealkylation sites (N-methyl/N-ethyl adjacent to an activating group) is 1. The van der Waals surface area contributed by atoms with Gasteiger partial charge in [-0.2, -0.15) is 0 Å². The molecule has 3 nitrogen and oxygen atoms in total. The summed E-state index contributed by atoms with van der Waals surface area (Å²) < 4.78 is 5.78. The van der Waals surface area contributed by atoms with E-state index in [2.05, 4.69) is 37.9 Å². The first-order valence-corrected chi connectivity index (χ1v) is 6.61. The summed E-state index contributed by atoms with van der Waals surface area (Å²) in [6.45, 7) is 13.9. The van der Waals surface area contributed by atoms with Gasteiger partial charge in [0.05, 0.1) is 12.2 Å². The van der Waals surface area contributed by atoms with E-state index in [1.807, 2.05) is 0 Å². The Bertz CT molecular complexity index is 189. The first-order chi connectivity index (χ1) is 7.53. The lowest BCUT2D eigenvalue weighted by Gasteiger charge is -2.27. The van der Waals surface area contributed by atoms with Crippen molar-refractivity contribution in [3.05, 3.63) is 0 Å². The van der Waals surface area contributed by atoms with E-state index in [9.17, 15) is 0 Å². The van der Waals surface area contributed by atoms with Crippen LogP contribution in [0.2, 0.25) is 0 Å². The summed E-state index contributed by atoms with van der Waals surface area (Å²) in [7, 11) is 0. The number of likely N-dealkylation sites (tertiary alicyclic amines) is 1. The summed E-state index contributed by atoms with van der Waals surface area (Å²) in [5, 5.41) is 3.44. The van der Waals surface area contributed by atoms with Crippen molar-refractivity contribution in [3.63, 3.8) is 0 Å². The van der Waals surface area contributed by atoms with Crippen LogP contribution in [0.3, 0.4) is 0 Å². The predicted molar refractivity (Wildman–Crippen MR) is 68.8 cm³/mol. The third-order valence-corrected chi connectivity index (χ3v) is 3.04. The predicted octanol–water partition coefficient (Wildman–Crippen LogP) is 1.88. The minimum atomic E-state index is -0.00309. The van der Waals surface area contributed by atoms with Crippen LogP contribution in [0.4, 0.5) is 0 Å². The molecule has 1 aliphatic heterocycles. The van der Waals surface area contributed by atoms with Gasteiger partial charge in [-0.1, -0.05) is 6.92 Å². The summed E-state index contributed by atoms with van der Waals surface area (Å²) >= 11 is 0. The zero-order valence-electron chi connectivity index (χ0n) is 11.4. The topological polar surface area (TPSA) is 24.5 Å². The zero-order valence-corrected chi connectivity index (χ0v) is 11.4. The van der Waals surface area contributed by atoms with Crippen LogP contribution in [0.1, 0.15) is 40.5 Å². The Kier molecular flexibility index (Phi) is 5.73. The quantitative estimate of drug-likeness (QED) is 0.751. The number of nitrogens with one attached hydrogen (secondary N) is 1. The highest BCUT2D eigenvalue weighted by molar-refractivity contribution is 4.80. The molecule has 96 valence electrons. The highest BCUT2D eigenvalue weighted by Crippen LogP contribution is 2.16. The number of nitrogens with zero attached hydrogens (tertiary/aromatic N) is 1. The van der Waals surface area contributed by atoms with E-state index >= 15 is 0 Å². The van der Waals surface area contributed by atoms with Gasteiger partial charge < -0.3 is 10.1 Å². The Hall–Kier alpha value is -0.120. The number of ether oxygens (including phenoxy) is 1. The highest BCUT2D eigenvalue weighted by atomic mass is 16.5. The van der Waals surface area contributed by atoms with Gasteiger partial charge in [0.15, 0.2) is 0 Å². The molecule has 1 heterocycles. The molecule has 0 aliphatic carbocycles. The standard InChI is InChI=1S/C13H28N2O/c1-5-14-11-12-7-6-8-15(12)9-10-16-13(2,3)4/h12,14H,5-11H2,1-4H3. The minimum Gasteiger partial charge on any atom is -0.375 e. The van der Waals surface area contributed by atoms with Crippen molar-refractivity contribution in [2.45, 2.75) is 52.2 Å². The molecule has 0 spiro atoms. The van der Waals surface area contributed by atoms with E-state index in [1.165, 1.54) is 19.4 Å². The molecule has 0 radical (unpaired) electrons. The van der Waals surface area contributed by atoms with Gasteiger partial charge in [0.25, 0.3) is 0 Å². The third-order valence-electron chi connectivity index (χ3n) is 3.04. The van der Waals surface area contributed by atoms with Crippen LogP contribution < -0.4 is 5.32 Å². The lowest BCUT2D eigenvalue weighted by Crippen LogP contribution is -2.40. The lowest BCUT2D eigenvalue weighted by atomic mass is 10.2. The summed E-state index contributed by atoms with van der Waals surface area (Å²) in [6.07, 6.45) is 2.67. The maximum Gasteiger partial charge on any atom is 0.0600 e. The van der Waals surface area contributed by atoms with Crippen LogP contribution >= 0.6 is 0 Å². The smallest absolute Gasteiger partial charge is 0.0600 e. The summed E-state index contributed by atoms with van der Waals surface area (Å²) in [5.41, 5.74) is -0.00309. The van der Waals surface area contributed by atoms with Crippen LogP contribution in [0.25, 0.3) is 0 Å². The van der Waals surface area contributed by atoms with Gasteiger partial charge in [0.1, 0.15) is 0 Å². The van der Waals surface area contributed by atoms with Crippen molar-refractivity contribution in [3.8, 4) is 0 Å². The number of hydrogen-bond donors (Lipinski definition) is 1. The molecule has 0 aromatic rings. The molecule has 16 heavy (non-hydrogen) atoms. The van der Waals surface area contributed by atoms with Gasteiger partial charge in [0, 0.05) is 19.1 Å². The molecule has 0 amide bonds. The second-order valence-corrected chi connectivity index (χ2v) is 5.60. The normalized spacial score (nSPS) is 22.9. The maximum atomic E-state index is 5.78. The van der Waals surface area contributed by atoms with Crippen LogP contribution in [-0.4, -0.2) is 49.3 Å². The van der Waals surface area contributed by atoms with Crippen molar-refractivity contribution in [1.29, 1.82) is 0 Å². The maximum absolute atomic E-state index is 5.78. The first-order valence-electron chi connectivity index (χ1n) is 6.61. The molecule has 1 atom stereocenters. The first kappa shape index (κ1) is 13.9. The Morgan fingerprint density at radius 1 is 1.38 bits per heavy atom. The molecular formula is C13H28N2O. The minimum absolute atomic E-state index is 0.00309.